The van der Waals surface area contributed by atoms with E-state index in [0.29, 0.717) is 30.3 Å². The van der Waals surface area contributed by atoms with Crippen LogP contribution in [0.1, 0.15) is 25.0 Å². The molecule has 0 unspecified atom stereocenters. The molecule has 0 saturated carbocycles. The van der Waals surface area contributed by atoms with E-state index in [1.54, 1.807) is 18.4 Å². The van der Waals surface area contributed by atoms with Crippen molar-refractivity contribution in [2.75, 3.05) is 24.5 Å². The van der Waals surface area contributed by atoms with Crippen LogP contribution in [-0.2, 0) is 11.3 Å². The van der Waals surface area contributed by atoms with E-state index in [1.807, 2.05) is 29.2 Å². The number of anilines is 1. The molecule has 1 amide bonds. The highest BCUT2D eigenvalue weighted by Gasteiger charge is 2.34. The standard InChI is InChI=1S/C24H24FN3O3/c25-18-10-8-17(9-11-18)23-26-19(16-30-23)14-28-15-22(24(29)27-12-4-1-5-13-27)31-21-7-3-2-6-20(21)28/h2-3,6-11,16,22H,1,4-5,12-15H2/t22-/m1/s1. The third-order valence-electron chi connectivity index (χ3n) is 5.80. The second-order valence-corrected chi connectivity index (χ2v) is 7.99. The summed E-state index contributed by atoms with van der Waals surface area (Å²) in [5, 5.41) is 0. The van der Waals surface area contributed by atoms with Gasteiger partial charge in [-0.1, -0.05) is 12.1 Å². The number of amides is 1. The van der Waals surface area contributed by atoms with Crippen LogP contribution in [0.5, 0.6) is 5.75 Å². The molecule has 1 atom stereocenters. The molecule has 6 nitrogen and oxygen atoms in total. The van der Waals surface area contributed by atoms with Crippen LogP contribution >= 0.6 is 0 Å². The lowest BCUT2D eigenvalue weighted by atomic mass is 10.1. The first-order valence-corrected chi connectivity index (χ1v) is 10.7. The Labute approximate surface area is 180 Å². The predicted molar refractivity (Wildman–Crippen MR) is 114 cm³/mol. The van der Waals surface area contributed by atoms with Crippen molar-refractivity contribution in [3.8, 4) is 17.2 Å². The highest BCUT2D eigenvalue weighted by atomic mass is 19.1. The normalized spacial score (nSPS) is 18.4. The van der Waals surface area contributed by atoms with E-state index in [-0.39, 0.29) is 11.7 Å². The minimum atomic E-state index is -0.545. The van der Waals surface area contributed by atoms with Gasteiger partial charge in [0.25, 0.3) is 5.91 Å². The Hall–Kier alpha value is -3.35. The van der Waals surface area contributed by atoms with Crippen molar-refractivity contribution >= 4 is 11.6 Å². The van der Waals surface area contributed by atoms with Crippen molar-refractivity contribution < 1.29 is 18.3 Å². The summed E-state index contributed by atoms with van der Waals surface area (Å²) in [4.78, 5) is 21.7. The largest absolute Gasteiger partial charge is 0.477 e. The molecule has 2 aliphatic heterocycles. The number of hydrogen-bond donors (Lipinski definition) is 0. The van der Waals surface area contributed by atoms with Crippen LogP contribution in [0, 0.1) is 5.82 Å². The number of piperidine rings is 1. The Morgan fingerprint density at radius 3 is 2.65 bits per heavy atom. The lowest BCUT2D eigenvalue weighted by Crippen LogP contribution is -2.51. The van der Waals surface area contributed by atoms with Gasteiger partial charge in [-0.25, -0.2) is 9.37 Å². The first kappa shape index (κ1) is 19.6. The number of para-hydroxylation sites is 2. The number of carbonyl (C=O) groups is 1. The topological polar surface area (TPSA) is 58.8 Å². The van der Waals surface area contributed by atoms with E-state index in [4.69, 9.17) is 9.15 Å². The van der Waals surface area contributed by atoms with E-state index in [9.17, 15) is 9.18 Å². The van der Waals surface area contributed by atoms with Crippen molar-refractivity contribution in [1.29, 1.82) is 0 Å². The molecule has 0 N–H and O–H groups in total. The molecule has 3 heterocycles. The van der Waals surface area contributed by atoms with Crippen molar-refractivity contribution in [3.63, 3.8) is 0 Å². The van der Waals surface area contributed by atoms with Crippen molar-refractivity contribution in [1.82, 2.24) is 9.88 Å². The fourth-order valence-electron chi connectivity index (χ4n) is 4.20. The van der Waals surface area contributed by atoms with E-state index in [2.05, 4.69) is 9.88 Å². The van der Waals surface area contributed by atoms with E-state index in [1.165, 1.54) is 18.6 Å². The number of rotatable bonds is 4. The van der Waals surface area contributed by atoms with E-state index < -0.39 is 6.10 Å². The van der Waals surface area contributed by atoms with Gasteiger partial charge in [-0.3, -0.25) is 4.79 Å². The molecule has 160 valence electrons. The van der Waals surface area contributed by atoms with Gasteiger partial charge < -0.3 is 19.0 Å². The number of aromatic nitrogens is 1. The molecule has 1 fully saturated rings. The smallest absolute Gasteiger partial charge is 0.265 e. The number of benzene rings is 2. The van der Waals surface area contributed by atoms with Crippen LogP contribution < -0.4 is 9.64 Å². The summed E-state index contributed by atoms with van der Waals surface area (Å²) < 4.78 is 24.9. The third kappa shape index (κ3) is 4.13. The number of carbonyl (C=O) groups excluding carboxylic acids is 1. The Kier molecular flexibility index (Phi) is 5.32. The van der Waals surface area contributed by atoms with Gasteiger partial charge in [0, 0.05) is 18.7 Å². The zero-order chi connectivity index (χ0) is 21.2. The molecule has 5 rings (SSSR count). The van der Waals surface area contributed by atoms with Crippen LogP contribution in [0.2, 0.25) is 0 Å². The van der Waals surface area contributed by atoms with Crippen molar-refractivity contribution in [2.24, 2.45) is 0 Å². The molecule has 0 radical (unpaired) electrons. The maximum absolute atomic E-state index is 13.2. The maximum Gasteiger partial charge on any atom is 0.265 e. The highest BCUT2D eigenvalue weighted by Crippen LogP contribution is 2.35. The number of fused-ring (bicyclic) bond motifs is 1. The summed E-state index contributed by atoms with van der Waals surface area (Å²) >= 11 is 0. The van der Waals surface area contributed by atoms with Crippen molar-refractivity contribution in [3.05, 3.63) is 66.3 Å². The number of halogens is 1. The molecule has 1 aromatic heterocycles. The average molecular weight is 421 g/mol. The first-order chi connectivity index (χ1) is 15.2. The zero-order valence-electron chi connectivity index (χ0n) is 17.2. The second kappa shape index (κ2) is 8.41. The molecule has 1 saturated heterocycles. The van der Waals surface area contributed by atoms with Gasteiger partial charge in [-0.2, -0.15) is 0 Å². The summed E-state index contributed by atoms with van der Waals surface area (Å²) in [7, 11) is 0. The monoisotopic (exact) mass is 421 g/mol. The minimum absolute atomic E-state index is 0.0476. The summed E-state index contributed by atoms with van der Waals surface area (Å²) in [6, 6.07) is 13.8. The predicted octanol–water partition coefficient (Wildman–Crippen LogP) is 4.26. The van der Waals surface area contributed by atoms with Gasteiger partial charge >= 0.3 is 0 Å². The molecular weight excluding hydrogens is 397 g/mol. The van der Waals surface area contributed by atoms with Crippen LogP contribution in [-0.4, -0.2) is 41.5 Å². The average Bonchev–Trinajstić information content (AvgIpc) is 3.28. The lowest BCUT2D eigenvalue weighted by Gasteiger charge is -2.38. The van der Waals surface area contributed by atoms with Crippen LogP contribution in [0.15, 0.2) is 59.2 Å². The maximum atomic E-state index is 13.2. The second-order valence-electron chi connectivity index (χ2n) is 7.99. The Balaban J connectivity index is 1.36. The Morgan fingerprint density at radius 1 is 1.06 bits per heavy atom. The lowest BCUT2D eigenvalue weighted by molar-refractivity contribution is -0.139. The SMILES string of the molecule is O=C([C@H]1CN(Cc2coc(-c3ccc(F)cc3)n2)c2ccccc2O1)N1CCCCC1. The van der Waals surface area contributed by atoms with Gasteiger partial charge in [0.05, 0.1) is 24.5 Å². The van der Waals surface area contributed by atoms with Crippen LogP contribution in [0.4, 0.5) is 10.1 Å². The van der Waals surface area contributed by atoms with Crippen LogP contribution in [0.25, 0.3) is 11.5 Å². The van der Waals surface area contributed by atoms with Gasteiger partial charge in [0.1, 0.15) is 17.8 Å². The molecule has 3 aromatic rings. The van der Waals surface area contributed by atoms with E-state index in [0.717, 1.165) is 37.3 Å². The van der Waals surface area contributed by atoms with Gasteiger partial charge in [0.2, 0.25) is 5.89 Å². The summed E-state index contributed by atoms with van der Waals surface area (Å²) in [5.74, 6) is 0.889. The molecule has 0 aliphatic carbocycles. The fourth-order valence-corrected chi connectivity index (χ4v) is 4.20. The molecule has 2 aromatic carbocycles. The Bertz CT molecular complexity index is 1060. The highest BCUT2D eigenvalue weighted by molar-refractivity contribution is 5.83. The fraction of sp³-hybridized carbons (Fsp3) is 0.333. The van der Waals surface area contributed by atoms with Gasteiger partial charge in [0.15, 0.2) is 6.10 Å². The molecule has 2 aliphatic rings. The van der Waals surface area contributed by atoms with Crippen LogP contribution in [0.3, 0.4) is 0 Å². The van der Waals surface area contributed by atoms with Gasteiger partial charge in [-0.15, -0.1) is 0 Å². The minimum Gasteiger partial charge on any atom is -0.477 e. The third-order valence-corrected chi connectivity index (χ3v) is 5.80. The molecule has 31 heavy (non-hydrogen) atoms. The summed E-state index contributed by atoms with van der Waals surface area (Å²) in [6.07, 6.45) is 4.33. The molecule has 0 bridgehead atoms. The van der Waals surface area contributed by atoms with E-state index >= 15 is 0 Å². The summed E-state index contributed by atoms with van der Waals surface area (Å²) in [5.41, 5.74) is 2.38. The molecule has 0 spiro atoms. The molecule has 7 heteroatoms. The number of likely N-dealkylation sites (tertiary alicyclic amines) is 1. The quantitative estimate of drug-likeness (QED) is 0.630. The Morgan fingerprint density at radius 2 is 1.84 bits per heavy atom. The number of nitrogens with zero attached hydrogens (tertiary/aromatic N) is 3. The summed E-state index contributed by atoms with van der Waals surface area (Å²) in [6.45, 7) is 2.52. The van der Waals surface area contributed by atoms with Crippen molar-refractivity contribution in [2.45, 2.75) is 31.9 Å². The first-order valence-electron chi connectivity index (χ1n) is 10.7. The molecular formula is C24H24FN3O3. The number of hydrogen-bond acceptors (Lipinski definition) is 5. The number of oxazole rings is 1. The zero-order valence-corrected chi connectivity index (χ0v) is 17.2. The van der Waals surface area contributed by atoms with Gasteiger partial charge in [-0.05, 0) is 55.7 Å². The number of ether oxygens (including phenoxy) is 1.